The van der Waals surface area contributed by atoms with Gasteiger partial charge in [0, 0.05) is 22.8 Å². The maximum absolute atomic E-state index is 11.8. The lowest BCUT2D eigenvalue weighted by Gasteiger charge is -2.16. The third-order valence-corrected chi connectivity index (χ3v) is 3.33. The van der Waals surface area contributed by atoms with E-state index in [0.29, 0.717) is 10.8 Å². The Morgan fingerprint density at radius 1 is 1.19 bits per heavy atom. The van der Waals surface area contributed by atoms with Gasteiger partial charge in [0.05, 0.1) is 6.54 Å². The third kappa shape index (κ3) is 3.64. The maximum Gasteiger partial charge on any atom is 0.260 e. The molecule has 2 rings (SSSR count). The first-order valence-electron chi connectivity index (χ1n) is 6.31. The number of nitrogens with two attached hydrogens (primary N) is 1. The molecule has 110 valence electrons. The molecule has 0 aliphatic rings. The Balaban J connectivity index is 2.12. The van der Waals surface area contributed by atoms with E-state index < -0.39 is 5.91 Å². The predicted octanol–water partition coefficient (Wildman–Crippen LogP) is 1.82. The largest absolute Gasteiger partial charge is 0.483 e. The molecule has 0 radical (unpaired) electrons. The van der Waals surface area contributed by atoms with E-state index >= 15 is 0 Å². The van der Waals surface area contributed by atoms with Crippen molar-refractivity contribution < 1.29 is 14.3 Å². The van der Waals surface area contributed by atoms with Crippen molar-refractivity contribution >= 4 is 34.2 Å². The lowest BCUT2D eigenvalue weighted by atomic mass is 10.1. The van der Waals surface area contributed by atoms with Gasteiger partial charge in [-0.3, -0.25) is 9.59 Å². The van der Waals surface area contributed by atoms with Gasteiger partial charge in [-0.05, 0) is 12.1 Å². The molecule has 0 saturated carbocycles. The Morgan fingerprint density at radius 2 is 1.86 bits per heavy atom. The maximum atomic E-state index is 11.8. The fourth-order valence-electron chi connectivity index (χ4n) is 1.93. The molecule has 0 atom stereocenters. The summed E-state index contributed by atoms with van der Waals surface area (Å²) in [6.07, 6.45) is 0. The van der Waals surface area contributed by atoms with Crippen molar-refractivity contribution in [1.82, 2.24) is 4.90 Å². The summed E-state index contributed by atoms with van der Waals surface area (Å²) in [7, 11) is 1.50. The summed E-state index contributed by atoms with van der Waals surface area (Å²) in [5, 5.41) is 2.31. The molecule has 2 amide bonds. The van der Waals surface area contributed by atoms with E-state index in [0.717, 1.165) is 10.8 Å². The van der Waals surface area contributed by atoms with Gasteiger partial charge in [0.25, 0.3) is 5.91 Å². The average Bonchev–Trinajstić information content (AvgIpc) is 2.46. The predicted molar refractivity (Wildman–Crippen MR) is 81.3 cm³/mol. The minimum Gasteiger partial charge on any atom is -0.483 e. The van der Waals surface area contributed by atoms with Crippen molar-refractivity contribution in [2.45, 2.75) is 0 Å². The van der Waals surface area contributed by atoms with Gasteiger partial charge in [0.15, 0.2) is 6.61 Å². The van der Waals surface area contributed by atoms with Gasteiger partial charge in [0.1, 0.15) is 5.75 Å². The molecule has 0 bridgehead atoms. The minimum absolute atomic E-state index is 0.135. The minimum atomic E-state index is -0.567. The highest BCUT2D eigenvalue weighted by molar-refractivity contribution is 6.35. The van der Waals surface area contributed by atoms with Crippen molar-refractivity contribution in [2.75, 3.05) is 20.2 Å². The number of primary amides is 1. The molecule has 0 heterocycles. The molecular weight excluding hydrogens is 292 g/mol. The van der Waals surface area contributed by atoms with E-state index in [9.17, 15) is 9.59 Å². The number of amides is 2. The number of nitrogens with zero attached hydrogens (tertiary/aromatic N) is 1. The molecule has 6 heteroatoms. The zero-order valence-electron chi connectivity index (χ0n) is 11.5. The fraction of sp³-hybridized carbons (Fsp3) is 0.200. The van der Waals surface area contributed by atoms with Crippen LogP contribution in [0.2, 0.25) is 5.02 Å². The summed E-state index contributed by atoms with van der Waals surface area (Å²) in [5.74, 6) is -0.327. The molecule has 21 heavy (non-hydrogen) atoms. The standard InChI is InChI=1S/C15H15ClN2O3/c1-18(8-14(17)19)15(20)9-21-13-7-6-12(16)10-4-2-3-5-11(10)13/h2-7H,8-9H2,1H3,(H2,17,19). The van der Waals surface area contributed by atoms with Crippen LogP contribution in [0.3, 0.4) is 0 Å². The zero-order chi connectivity index (χ0) is 15.4. The summed E-state index contributed by atoms with van der Waals surface area (Å²) in [6, 6.07) is 10.9. The van der Waals surface area contributed by atoms with Crippen LogP contribution in [0.5, 0.6) is 5.75 Å². The van der Waals surface area contributed by atoms with E-state index in [4.69, 9.17) is 22.1 Å². The number of rotatable bonds is 5. The number of carbonyl (C=O) groups excluding carboxylic acids is 2. The van der Waals surface area contributed by atoms with Crippen molar-refractivity contribution in [1.29, 1.82) is 0 Å². The number of carbonyl (C=O) groups is 2. The zero-order valence-corrected chi connectivity index (χ0v) is 12.3. The third-order valence-electron chi connectivity index (χ3n) is 3.00. The molecule has 2 aromatic rings. The Bertz CT molecular complexity index is 688. The number of halogens is 1. The highest BCUT2D eigenvalue weighted by Gasteiger charge is 2.13. The Labute approximate surface area is 127 Å². The van der Waals surface area contributed by atoms with Crippen molar-refractivity contribution in [3.63, 3.8) is 0 Å². The highest BCUT2D eigenvalue weighted by atomic mass is 35.5. The monoisotopic (exact) mass is 306 g/mol. The number of ether oxygens (including phenoxy) is 1. The Morgan fingerprint density at radius 3 is 2.52 bits per heavy atom. The van der Waals surface area contributed by atoms with Gasteiger partial charge in [0.2, 0.25) is 5.91 Å². The molecule has 5 nitrogen and oxygen atoms in total. The van der Waals surface area contributed by atoms with Gasteiger partial charge in [-0.2, -0.15) is 0 Å². The molecule has 0 fully saturated rings. The molecule has 0 aliphatic carbocycles. The second-order valence-corrected chi connectivity index (χ2v) is 5.00. The second kappa shape index (κ2) is 6.45. The van der Waals surface area contributed by atoms with Crippen LogP contribution in [-0.2, 0) is 9.59 Å². The van der Waals surface area contributed by atoms with E-state index in [1.54, 1.807) is 12.1 Å². The molecular formula is C15H15ClN2O3. The SMILES string of the molecule is CN(CC(N)=O)C(=O)COc1ccc(Cl)c2ccccc12. The second-order valence-electron chi connectivity index (χ2n) is 4.60. The summed E-state index contributed by atoms with van der Waals surface area (Å²) >= 11 is 6.12. The fourth-order valence-corrected chi connectivity index (χ4v) is 2.16. The van der Waals surface area contributed by atoms with Crippen LogP contribution in [0.25, 0.3) is 10.8 Å². The quantitative estimate of drug-likeness (QED) is 0.915. The van der Waals surface area contributed by atoms with E-state index in [1.165, 1.54) is 11.9 Å². The number of likely N-dealkylation sites (N-methyl/N-ethyl adjacent to an activating group) is 1. The van der Waals surface area contributed by atoms with Gasteiger partial charge < -0.3 is 15.4 Å². The first kappa shape index (κ1) is 15.1. The summed E-state index contributed by atoms with van der Waals surface area (Å²) in [5.41, 5.74) is 5.04. The van der Waals surface area contributed by atoms with Crippen LogP contribution >= 0.6 is 11.6 Å². The molecule has 0 unspecified atom stereocenters. The van der Waals surface area contributed by atoms with Crippen molar-refractivity contribution in [3.8, 4) is 5.75 Å². The van der Waals surface area contributed by atoms with Crippen LogP contribution < -0.4 is 10.5 Å². The molecule has 0 aliphatic heterocycles. The smallest absolute Gasteiger partial charge is 0.260 e. The van der Waals surface area contributed by atoms with Crippen LogP contribution in [0.1, 0.15) is 0 Å². The number of hydrogen-bond acceptors (Lipinski definition) is 3. The van der Waals surface area contributed by atoms with Gasteiger partial charge in [-0.15, -0.1) is 0 Å². The normalized spacial score (nSPS) is 10.4. The topological polar surface area (TPSA) is 72.6 Å². The molecule has 0 saturated heterocycles. The lowest BCUT2D eigenvalue weighted by Crippen LogP contribution is -2.38. The first-order chi connectivity index (χ1) is 9.99. The van der Waals surface area contributed by atoms with Crippen LogP contribution in [0.15, 0.2) is 36.4 Å². The molecule has 2 aromatic carbocycles. The molecule has 0 spiro atoms. The highest BCUT2D eigenvalue weighted by Crippen LogP contribution is 2.31. The van der Waals surface area contributed by atoms with E-state index in [2.05, 4.69) is 0 Å². The number of benzene rings is 2. The first-order valence-corrected chi connectivity index (χ1v) is 6.69. The van der Waals surface area contributed by atoms with Gasteiger partial charge >= 0.3 is 0 Å². The van der Waals surface area contributed by atoms with E-state index in [-0.39, 0.29) is 19.1 Å². The lowest BCUT2D eigenvalue weighted by molar-refractivity contribution is -0.135. The number of fused-ring (bicyclic) bond motifs is 1. The number of hydrogen-bond donors (Lipinski definition) is 1. The van der Waals surface area contributed by atoms with Crippen LogP contribution in [-0.4, -0.2) is 36.9 Å². The molecule has 0 aromatic heterocycles. The van der Waals surface area contributed by atoms with Crippen LogP contribution in [0, 0.1) is 0 Å². The molecule has 2 N–H and O–H groups in total. The summed E-state index contributed by atoms with van der Waals surface area (Å²) in [4.78, 5) is 23.8. The van der Waals surface area contributed by atoms with E-state index in [1.807, 2.05) is 24.3 Å². The van der Waals surface area contributed by atoms with Gasteiger partial charge in [-0.25, -0.2) is 0 Å². The van der Waals surface area contributed by atoms with Crippen molar-refractivity contribution in [2.24, 2.45) is 5.73 Å². The van der Waals surface area contributed by atoms with Gasteiger partial charge in [-0.1, -0.05) is 35.9 Å². The Hall–Kier alpha value is -2.27. The van der Waals surface area contributed by atoms with Crippen molar-refractivity contribution in [3.05, 3.63) is 41.4 Å². The summed E-state index contributed by atoms with van der Waals surface area (Å²) < 4.78 is 5.54. The summed E-state index contributed by atoms with van der Waals surface area (Å²) in [6.45, 7) is -0.307. The average molecular weight is 307 g/mol. The van der Waals surface area contributed by atoms with Crippen LogP contribution in [0.4, 0.5) is 0 Å². The Kier molecular flexibility index (Phi) is 4.65.